The van der Waals surface area contributed by atoms with Gasteiger partial charge in [-0.1, -0.05) is 54.8 Å². The summed E-state index contributed by atoms with van der Waals surface area (Å²) < 4.78 is 5.18. The van der Waals surface area contributed by atoms with Gasteiger partial charge in [0.1, 0.15) is 17.7 Å². The zero-order valence-corrected chi connectivity index (χ0v) is 21.4. The topological polar surface area (TPSA) is 108 Å². The first-order valence-corrected chi connectivity index (χ1v) is 11.8. The molecule has 3 rings (SSSR count). The molecule has 3 aromatic carbocycles. The van der Waals surface area contributed by atoms with Gasteiger partial charge in [0.05, 0.1) is 6.61 Å². The van der Waals surface area contributed by atoms with Crippen LogP contribution in [-0.2, 0) is 14.3 Å². The van der Waals surface area contributed by atoms with Crippen molar-refractivity contribution in [3.8, 4) is 24.8 Å². The number of ether oxygens (including phenoxy) is 1. The van der Waals surface area contributed by atoms with E-state index in [9.17, 15) is 19.5 Å². The second kappa shape index (κ2) is 12.0. The molecule has 0 bridgehead atoms. The smallest absolute Gasteiger partial charge is 0.408 e. The molecule has 2 atom stereocenters. The van der Waals surface area contributed by atoms with E-state index in [1.807, 2.05) is 30.3 Å². The minimum absolute atomic E-state index is 0.377. The summed E-state index contributed by atoms with van der Waals surface area (Å²) in [7, 11) is 0. The van der Waals surface area contributed by atoms with Crippen molar-refractivity contribution in [2.75, 3.05) is 11.9 Å². The van der Waals surface area contributed by atoms with Gasteiger partial charge >= 0.3 is 6.09 Å². The third kappa shape index (κ3) is 6.91. The van der Waals surface area contributed by atoms with Gasteiger partial charge in [-0.2, -0.15) is 0 Å². The molecule has 0 aromatic heterocycles. The summed E-state index contributed by atoms with van der Waals surface area (Å²) in [6, 6.07) is 18.9. The van der Waals surface area contributed by atoms with E-state index >= 15 is 0 Å². The highest BCUT2D eigenvalue weighted by molar-refractivity contribution is 6.01. The standard InChI is InChI=1S/C30H29N3O5/c1-6-20-12-14-22(15-13-20)26(27(35)31-24-17-16-21-10-8-9-11-23(21)18-24)33(7-2)28(36)25(19-34)32-29(37)38-30(3,4)5/h1-2,8-18,25-26,34H,19H2,3-5H3,(H,31,35)(H,32,37). The second-order valence-electron chi connectivity index (χ2n) is 9.44. The van der Waals surface area contributed by atoms with Crippen molar-refractivity contribution in [1.29, 1.82) is 0 Å². The first-order chi connectivity index (χ1) is 18.1. The molecule has 0 spiro atoms. The van der Waals surface area contributed by atoms with Gasteiger partial charge in [0.25, 0.3) is 11.8 Å². The van der Waals surface area contributed by atoms with Gasteiger partial charge in [-0.15, -0.1) is 6.42 Å². The Bertz CT molecular complexity index is 1410. The normalized spacial score (nSPS) is 12.4. The van der Waals surface area contributed by atoms with Crippen LogP contribution in [0.3, 0.4) is 0 Å². The number of aliphatic hydroxyl groups is 1. The molecule has 0 aliphatic heterocycles. The van der Waals surface area contributed by atoms with Crippen LogP contribution in [0.25, 0.3) is 10.8 Å². The van der Waals surface area contributed by atoms with Gasteiger partial charge in [0.15, 0.2) is 0 Å². The van der Waals surface area contributed by atoms with Gasteiger partial charge < -0.3 is 20.5 Å². The molecule has 2 unspecified atom stereocenters. The summed E-state index contributed by atoms with van der Waals surface area (Å²) in [5.74, 6) is 1.02. The number of amides is 3. The van der Waals surface area contributed by atoms with Crippen molar-refractivity contribution >= 4 is 34.4 Å². The van der Waals surface area contributed by atoms with E-state index in [0.717, 1.165) is 15.7 Å². The van der Waals surface area contributed by atoms with Crippen LogP contribution >= 0.6 is 0 Å². The molecule has 0 saturated heterocycles. The number of aliphatic hydroxyl groups excluding tert-OH is 1. The van der Waals surface area contributed by atoms with E-state index < -0.39 is 42.2 Å². The molecule has 0 heterocycles. The van der Waals surface area contributed by atoms with Crippen molar-refractivity contribution < 1.29 is 24.2 Å². The first kappa shape index (κ1) is 27.8. The van der Waals surface area contributed by atoms with E-state index in [1.165, 1.54) is 0 Å². The van der Waals surface area contributed by atoms with E-state index in [1.54, 1.807) is 57.2 Å². The molecule has 194 valence electrons. The second-order valence-corrected chi connectivity index (χ2v) is 9.44. The highest BCUT2D eigenvalue weighted by Gasteiger charge is 2.35. The number of rotatable bonds is 7. The number of hydrogen-bond donors (Lipinski definition) is 3. The zero-order valence-electron chi connectivity index (χ0n) is 21.4. The van der Waals surface area contributed by atoms with Gasteiger partial charge in [-0.25, -0.2) is 4.79 Å². The summed E-state index contributed by atoms with van der Waals surface area (Å²) in [6.45, 7) is 4.20. The molecule has 0 aliphatic rings. The number of nitrogens with one attached hydrogen (secondary N) is 2. The Morgan fingerprint density at radius 1 is 1.00 bits per heavy atom. The number of hydrogen-bond acceptors (Lipinski definition) is 5. The van der Waals surface area contributed by atoms with Crippen molar-refractivity contribution in [3.63, 3.8) is 0 Å². The third-order valence-corrected chi connectivity index (χ3v) is 5.46. The number of carbonyl (C=O) groups excluding carboxylic acids is 3. The number of anilines is 1. The Balaban J connectivity index is 1.95. The predicted molar refractivity (Wildman–Crippen MR) is 146 cm³/mol. The average Bonchev–Trinajstić information content (AvgIpc) is 2.89. The maximum absolute atomic E-state index is 13.6. The van der Waals surface area contributed by atoms with Crippen LogP contribution in [0.15, 0.2) is 66.7 Å². The quantitative estimate of drug-likeness (QED) is 0.330. The molecule has 0 saturated carbocycles. The van der Waals surface area contributed by atoms with Gasteiger partial charge in [0, 0.05) is 17.3 Å². The molecular formula is C30H29N3O5. The van der Waals surface area contributed by atoms with Crippen LogP contribution in [-0.4, -0.2) is 46.2 Å². The Morgan fingerprint density at radius 3 is 2.24 bits per heavy atom. The Hall–Kier alpha value is -4.79. The fourth-order valence-electron chi connectivity index (χ4n) is 3.73. The van der Waals surface area contributed by atoms with Crippen molar-refractivity contribution in [2.24, 2.45) is 0 Å². The van der Waals surface area contributed by atoms with Crippen LogP contribution in [0.1, 0.15) is 37.9 Å². The van der Waals surface area contributed by atoms with E-state index in [0.29, 0.717) is 16.8 Å². The largest absolute Gasteiger partial charge is 0.444 e. The van der Waals surface area contributed by atoms with E-state index in [-0.39, 0.29) is 0 Å². The Kier molecular flexibility index (Phi) is 8.75. The number of carbonyl (C=O) groups is 3. The molecule has 8 nitrogen and oxygen atoms in total. The average molecular weight is 512 g/mol. The summed E-state index contributed by atoms with van der Waals surface area (Å²) >= 11 is 0. The van der Waals surface area contributed by atoms with Crippen LogP contribution < -0.4 is 10.6 Å². The Morgan fingerprint density at radius 2 is 1.66 bits per heavy atom. The monoisotopic (exact) mass is 511 g/mol. The van der Waals surface area contributed by atoms with Gasteiger partial charge in [-0.3, -0.25) is 14.5 Å². The highest BCUT2D eigenvalue weighted by atomic mass is 16.6. The number of terminal acetylenes is 2. The molecule has 0 fully saturated rings. The minimum atomic E-state index is -1.46. The number of benzene rings is 3. The summed E-state index contributed by atoms with van der Waals surface area (Å²) in [6.07, 6.45) is 10.3. The predicted octanol–water partition coefficient (Wildman–Crippen LogP) is 3.81. The number of alkyl carbamates (subject to hydrolysis) is 1. The van der Waals surface area contributed by atoms with Crippen LogP contribution in [0, 0.1) is 24.8 Å². The molecule has 0 radical (unpaired) electrons. The van der Waals surface area contributed by atoms with E-state index in [2.05, 4.69) is 22.6 Å². The number of fused-ring (bicyclic) bond motifs is 1. The van der Waals surface area contributed by atoms with Crippen molar-refractivity contribution in [2.45, 2.75) is 38.5 Å². The van der Waals surface area contributed by atoms with Gasteiger partial charge in [-0.05, 0) is 61.4 Å². The lowest BCUT2D eigenvalue weighted by Gasteiger charge is -2.29. The minimum Gasteiger partial charge on any atom is -0.444 e. The molecule has 3 N–H and O–H groups in total. The lowest BCUT2D eigenvalue weighted by Crippen LogP contribution is -2.52. The lowest BCUT2D eigenvalue weighted by molar-refractivity contribution is -0.137. The van der Waals surface area contributed by atoms with Crippen LogP contribution in [0.2, 0.25) is 0 Å². The molecule has 38 heavy (non-hydrogen) atoms. The summed E-state index contributed by atoms with van der Waals surface area (Å²) in [5.41, 5.74) is 0.609. The summed E-state index contributed by atoms with van der Waals surface area (Å²) in [4.78, 5) is 40.1. The molecule has 8 heteroatoms. The fraction of sp³-hybridized carbons (Fsp3) is 0.233. The van der Waals surface area contributed by atoms with Gasteiger partial charge in [0.2, 0.25) is 0 Å². The zero-order chi connectivity index (χ0) is 27.9. The SMILES string of the molecule is C#Cc1ccc(C(C(=O)Nc2ccc3ccccc3c2)N(C#C)C(=O)C(CO)NC(=O)OC(C)(C)C)cc1. The Labute approximate surface area is 222 Å². The maximum Gasteiger partial charge on any atom is 0.408 e. The van der Waals surface area contributed by atoms with Crippen LogP contribution in [0.5, 0.6) is 0 Å². The molecule has 3 amide bonds. The first-order valence-electron chi connectivity index (χ1n) is 11.8. The number of nitrogens with zero attached hydrogens (tertiary/aromatic N) is 1. The third-order valence-electron chi connectivity index (χ3n) is 5.46. The maximum atomic E-state index is 13.6. The molecule has 3 aromatic rings. The van der Waals surface area contributed by atoms with Crippen LogP contribution in [0.4, 0.5) is 10.5 Å². The fourth-order valence-corrected chi connectivity index (χ4v) is 3.73. The van der Waals surface area contributed by atoms with Crippen molar-refractivity contribution in [3.05, 3.63) is 77.9 Å². The van der Waals surface area contributed by atoms with E-state index in [4.69, 9.17) is 17.6 Å². The lowest BCUT2D eigenvalue weighted by atomic mass is 10.0. The van der Waals surface area contributed by atoms with Crippen molar-refractivity contribution in [1.82, 2.24) is 10.2 Å². The molecular weight excluding hydrogens is 482 g/mol. The highest BCUT2D eigenvalue weighted by Crippen LogP contribution is 2.26. The molecule has 0 aliphatic carbocycles. The summed E-state index contributed by atoms with van der Waals surface area (Å²) in [5, 5.41) is 16.9.